The Bertz CT molecular complexity index is 572. The fourth-order valence-corrected chi connectivity index (χ4v) is 3.43. The zero-order valence-corrected chi connectivity index (χ0v) is 15.9. The minimum absolute atomic E-state index is 0.421. The van der Waals surface area contributed by atoms with E-state index in [4.69, 9.17) is 4.74 Å². The first-order valence-corrected chi connectivity index (χ1v) is 9.52. The van der Waals surface area contributed by atoms with Crippen LogP contribution in [0.4, 0.5) is 13.2 Å². The van der Waals surface area contributed by atoms with Crippen LogP contribution in [-0.4, -0.2) is 68.8 Å². The van der Waals surface area contributed by atoms with Gasteiger partial charge in [-0.1, -0.05) is 6.92 Å². The zero-order valence-electron chi connectivity index (χ0n) is 15.1. The Hall–Kier alpha value is -1.39. The summed E-state index contributed by atoms with van der Waals surface area (Å²) < 4.78 is 43.0. The molecule has 0 spiro atoms. The van der Waals surface area contributed by atoms with E-state index in [9.17, 15) is 13.2 Å². The van der Waals surface area contributed by atoms with Gasteiger partial charge in [0.2, 0.25) is 0 Å². The van der Waals surface area contributed by atoms with Gasteiger partial charge in [0.15, 0.2) is 11.7 Å². The summed E-state index contributed by atoms with van der Waals surface area (Å²) in [6, 6.07) is 0. The van der Waals surface area contributed by atoms with Crippen LogP contribution in [0.5, 0.6) is 0 Å². The highest BCUT2D eigenvalue weighted by Gasteiger charge is 2.33. The third-order valence-corrected chi connectivity index (χ3v) is 4.90. The van der Waals surface area contributed by atoms with E-state index in [2.05, 4.69) is 32.4 Å². The third kappa shape index (κ3) is 7.08. The lowest BCUT2D eigenvalue weighted by Crippen LogP contribution is -2.44. The summed E-state index contributed by atoms with van der Waals surface area (Å²) in [5.41, 5.74) is -0.822. The Morgan fingerprint density at radius 2 is 2.12 bits per heavy atom. The highest BCUT2D eigenvalue weighted by molar-refractivity contribution is 7.09. The summed E-state index contributed by atoms with van der Waals surface area (Å²) in [6.07, 6.45) is -3.96. The van der Waals surface area contributed by atoms with Crippen molar-refractivity contribution in [3.05, 3.63) is 16.1 Å². The highest BCUT2D eigenvalue weighted by atomic mass is 32.1. The van der Waals surface area contributed by atoms with Crippen molar-refractivity contribution in [3.8, 4) is 0 Å². The largest absolute Gasteiger partial charge is 0.434 e. The summed E-state index contributed by atoms with van der Waals surface area (Å²) >= 11 is 1.03. The van der Waals surface area contributed by atoms with Gasteiger partial charge in [-0.3, -0.25) is 9.89 Å². The third-order valence-electron chi connectivity index (χ3n) is 3.99. The van der Waals surface area contributed by atoms with Crippen molar-refractivity contribution in [2.45, 2.75) is 19.5 Å². The van der Waals surface area contributed by atoms with E-state index in [1.165, 1.54) is 0 Å². The Morgan fingerprint density at radius 3 is 2.73 bits per heavy atom. The molecule has 26 heavy (non-hydrogen) atoms. The van der Waals surface area contributed by atoms with Crippen LogP contribution in [0.3, 0.4) is 0 Å². The van der Waals surface area contributed by atoms with Crippen molar-refractivity contribution in [2.24, 2.45) is 10.9 Å². The first-order valence-electron chi connectivity index (χ1n) is 8.64. The number of rotatable bonds is 7. The molecular weight excluding hydrogens is 367 g/mol. The molecule has 2 heterocycles. The molecule has 0 aromatic carbocycles. The minimum Gasteiger partial charge on any atom is -0.379 e. The van der Waals surface area contributed by atoms with Gasteiger partial charge in [-0.15, -0.1) is 11.3 Å². The molecule has 1 saturated heterocycles. The average Bonchev–Trinajstić information content (AvgIpc) is 3.08. The second kappa shape index (κ2) is 10.1. The predicted octanol–water partition coefficient (Wildman–Crippen LogP) is 1.84. The fourth-order valence-electron chi connectivity index (χ4n) is 2.62. The molecule has 0 aliphatic carbocycles. The summed E-state index contributed by atoms with van der Waals surface area (Å²) in [5, 5.41) is 7.88. The van der Waals surface area contributed by atoms with Crippen molar-refractivity contribution < 1.29 is 17.9 Å². The van der Waals surface area contributed by atoms with Gasteiger partial charge in [-0.25, -0.2) is 4.98 Å². The van der Waals surface area contributed by atoms with Crippen molar-refractivity contribution in [1.82, 2.24) is 20.5 Å². The Balaban J connectivity index is 1.66. The molecule has 0 radical (unpaired) electrons. The van der Waals surface area contributed by atoms with Gasteiger partial charge in [0.25, 0.3) is 0 Å². The number of morpholine rings is 1. The number of aliphatic imine (C=N–C) groups is 1. The maximum Gasteiger partial charge on any atom is 0.434 e. The minimum atomic E-state index is -4.38. The van der Waals surface area contributed by atoms with Gasteiger partial charge in [-0.2, -0.15) is 13.2 Å². The van der Waals surface area contributed by atoms with Crippen LogP contribution in [-0.2, 0) is 17.3 Å². The van der Waals surface area contributed by atoms with Gasteiger partial charge in [0, 0.05) is 51.6 Å². The van der Waals surface area contributed by atoms with Gasteiger partial charge < -0.3 is 15.4 Å². The number of ether oxygens (including phenoxy) is 1. The number of alkyl halides is 3. The molecule has 2 rings (SSSR count). The SMILES string of the molecule is CN=C(NCCc1nc(C(F)(F)F)cs1)NCC(C)CN1CCOCC1. The van der Waals surface area contributed by atoms with Crippen LogP contribution in [0.25, 0.3) is 0 Å². The number of thiazole rings is 1. The molecule has 2 N–H and O–H groups in total. The normalized spacial score (nSPS) is 18.0. The van der Waals surface area contributed by atoms with Crippen LogP contribution >= 0.6 is 11.3 Å². The lowest BCUT2D eigenvalue weighted by Gasteiger charge is -2.29. The van der Waals surface area contributed by atoms with Crippen molar-refractivity contribution in [1.29, 1.82) is 0 Å². The number of guanidine groups is 1. The monoisotopic (exact) mass is 393 g/mol. The molecule has 10 heteroatoms. The standard InChI is InChI=1S/C16H26F3N5OS/c1-12(10-24-5-7-25-8-6-24)9-22-15(20-2)21-4-3-14-23-13(11-26-14)16(17,18)19/h11-12H,3-10H2,1-2H3,(H2,20,21,22). The molecule has 1 aliphatic rings. The number of hydrogen-bond acceptors (Lipinski definition) is 5. The molecule has 1 fully saturated rings. The number of aromatic nitrogens is 1. The molecule has 0 bridgehead atoms. The summed E-state index contributed by atoms with van der Waals surface area (Å²) in [4.78, 5) is 10.1. The van der Waals surface area contributed by atoms with E-state index in [0.29, 0.717) is 29.9 Å². The zero-order chi connectivity index (χ0) is 19.0. The number of hydrogen-bond donors (Lipinski definition) is 2. The molecule has 1 atom stereocenters. The van der Waals surface area contributed by atoms with Crippen LogP contribution < -0.4 is 10.6 Å². The molecule has 0 amide bonds. The average molecular weight is 393 g/mol. The molecule has 1 aliphatic heterocycles. The van der Waals surface area contributed by atoms with Crippen LogP contribution in [0.1, 0.15) is 17.6 Å². The van der Waals surface area contributed by atoms with E-state index < -0.39 is 11.9 Å². The molecule has 0 saturated carbocycles. The lowest BCUT2D eigenvalue weighted by atomic mass is 10.1. The Morgan fingerprint density at radius 1 is 1.38 bits per heavy atom. The number of nitrogens with zero attached hydrogens (tertiary/aromatic N) is 3. The molecule has 1 aromatic heterocycles. The number of halogens is 3. The first-order chi connectivity index (χ1) is 12.4. The van der Waals surface area contributed by atoms with E-state index in [1.807, 2.05) is 0 Å². The van der Waals surface area contributed by atoms with Gasteiger partial charge >= 0.3 is 6.18 Å². The van der Waals surface area contributed by atoms with Gasteiger partial charge in [-0.05, 0) is 5.92 Å². The van der Waals surface area contributed by atoms with E-state index in [-0.39, 0.29) is 0 Å². The summed E-state index contributed by atoms with van der Waals surface area (Å²) in [6.45, 7) is 7.91. The molecular formula is C16H26F3N5OS. The van der Waals surface area contributed by atoms with Gasteiger partial charge in [0.1, 0.15) is 0 Å². The van der Waals surface area contributed by atoms with Crippen molar-refractivity contribution >= 4 is 17.3 Å². The van der Waals surface area contributed by atoms with E-state index in [0.717, 1.165) is 56.1 Å². The van der Waals surface area contributed by atoms with Crippen molar-refractivity contribution in [2.75, 3.05) is 53.0 Å². The van der Waals surface area contributed by atoms with Crippen LogP contribution in [0.15, 0.2) is 10.4 Å². The quantitative estimate of drug-likeness (QED) is 0.547. The van der Waals surface area contributed by atoms with Crippen molar-refractivity contribution in [3.63, 3.8) is 0 Å². The summed E-state index contributed by atoms with van der Waals surface area (Å²) in [7, 11) is 1.67. The van der Waals surface area contributed by atoms with E-state index >= 15 is 0 Å². The van der Waals surface area contributed by atoms with Crippen LogP contribution in [0.2, 0.25) is 0 Å². The topological polar surface area (TPSA) is 61.8 Å². The van der Waals surface area contributed by atoms with E-state index in [1.54, 1.807) is 7.05 Å². The second-order valence-electron chi connectivity index (χ2n) is 6.27. The molecule has 148 valence electrons. The Kier molecular flexibility index (Phi) is 8.11. The second-order valence-corrected chi connectivity index (χ2v) is 7.21. The highest BCUT2D eigenvalue weighted by Crippen LogP contribution is 2.29. The summed E-state index contributed by atoms with van der Waals surface area (Å²) in [5.74, 6) is 1.09. The first kappa shape index (κ1) is 20.9. The maximum absolute atomic E-state index is 12.5. The molecule has 6 nitrogen and oxygen atoms in total. The lowest BCUT2D eigenvalue weighted by molar-refractivity contribution is -0.140. The maximum atomic E-state index is 12.5. The van der Waals surface area contributed by atoms with Crippen LogP contribution in [0, 0.1) is 5.92 Å². The predicted molar refractivity (Wildman–Crippen MR) is 96.6 cm³/mol. The smallest absolute Gasteiger partial charge is 0.379 e. The van der Waals surface area contributed by atoms with Gasteiger partial charge in [0.05, 0.1) is 18.2 Å². The fraction of sp³-hybridized carbons (Fsp3) is 0.750. The molecule has 1 unspecified atom stereocenters. The number of nitrogens with one attached hydrogen (secondary N) is 2. The Labute approximate surface area is 155 Å². The molecule has 1 aromatic rings.